The highest BCUT2D eigenvalue weighted by Crippen LogP contribution is 2.32. The lowest BCUT2D eigenvalue weighted by molar-refractivity contribution is 0.485. The molecule has 0 spiro atoms. The number of benzene rings is 2. The molecule has 0 bridgehead atoms. The molecule has 0 saturated heterocycles. The Morgan fingerprint density at radius 2 is 1.67 bits per heavy atom. The number of rotatable bonds is 2. The Morgan fingerprint density at radius 3 is 2.40 bits per heavy atom. The van der Waals surface area contributed by atoms with Crippen molar-refractivity contribution in [2.24, 2.45) is 0 Å². The second kappa shape index (κ2) is 4.24. The third kappa shape index (κ3) is 2.22. The number of para-hydroxylation sites is 2. The van der Waals surface area contributed by atoms with Crippen LogP contribution in [0.15, 0.2) is 48.5 Å². The smallest absolute Gasteiger partial charge is 0.151 e. The first kappa shape index (κ1) is 9.87. The van der Waals surface area contributed by atoms with Crippen LogP contribution < -0.4 is 10.5 Å². The molecule has 0 aromatic heterocycles. The molecule has 0 heterocycles. The van der Waals surface area contributed by atoms with Gasteiger partial charge >= 0.3 is 0 Å². The van der Waals surface area contributed by atoms with E-state index < -0.39 is 0 Å². The Balaban J connectivity index is 2.29. The fraction of sp³-hybridized carbons (Fsp3) is 0. The second-order valence-corrected chi connectivity index (χ2v) is 3.47. The Kier molecular flexibility index (Phi) is 2.79. The summed E-state index contributed by atoms with van der Waals surface area (Å²) in [6.07, 6.45) is 0. The third-order valence-electron chi connectivity index (χ3n) is 1.98. The molecule has 0 aliphatic rings. The number of nitrogen functional groups attached to an aromatic ring is 1. The maximum Gasteiger partial charge on any atom is 0.151 e. The van der Waals surface area contributed by atoms with Crippen LogP contribution >= 0.6 is 11.6 Å². The Labute approximate surface area is 93.2 Å². The van der Waals surface area contributed by atoms with Gasteiger partial charge in [0.2, 0.25) is 0 Å². The first-order chi connectivity index (χ1) is 7.27. The van der Waals surface area contributed by atoms with Crippen LogP contribution in [0.2, 0.25) is 5.02 Å². The van der Waals surface area contributed by atoms with Crippen LogP contribution in [0.25, 0.3) is 0 Å². The zero-order valence-corrected chi connectivity index (χ0v) is 8.74. The van der Waals surface area contributed by atoms with Crippen molar-refractivity contribution < 1.29 is 4.74 Å². The third-order valence-corrected chi connectivity index (χ3v) is 2.31. The minimum absolute atomic E-state index is 0.461. The van der Waals surface area contributed by atoms with Gasteiger partial charge in [0.25, 0.3) is 0 Å². The van der Waals surface area contributed by atoms with Crippen molar-refractivity contribution >= 4 is 17.3 Å². The van der Waals surface area contributed by atoms with Gasteiger partial charge in [-0.25, -0.2) is 0 Å². The van der Waals surface area contributed by atoms with Gasteiger partial charge in [-0.2, -0.15) is 0 Å². The van der Waals surface area contributed by atoms with Gasteiger partial charge in [-0.1, -0.05) is 35.9 Å². The Hall–Kier alpha value is -1.67. The normalized spacial score (nSPS) is 9.93. The summed E-state index contributed by atoms with van der Waals surface area (Å²) in [5.74, 6) is 1.32. The standard InChI is InChI=1S/C12H10ClNO/c13-10-7-4-8-11(12(10)14)15-9-5-2-1-3-6-9/h1-8H,14H2. The predicted molar refractivity (Wildman–Crippen MR) is 62.4 cm³/mol. The van der Waals surface area contributed by atoms with E-state index in [0.29, 0.717) is 16.5 Å². The lowest BCUT2D eigenvalue weighted by atomic mass is 10.3. The quantitative estimate of drug-likeness (QED) is 0.782. The average molecular weight is 220 g/mol. The van der Waals surface area contributed by atoms with Crippen molar-refractivity contribution in [3.63, 3.8) is 0 Å². The molecule has 0 radical (unpaired) electrons. The molecule has 0 fully saturated rings. The molecule has 2 N–H and O–H groups in total. The molecule has 0 aliphatic carbocycles. The number of hydrogen-bond acceptors (Lipinski definition) is 2. The van der Waals surface area contributed by atoms with E-state index in [1.54, 1.807) is 18.2 Å². The largest absolute Gasteiger partial charge is 0.455 e. The van der Waals surface area contributed by atoms with Crippen molar-refractivity contribution in [1.82, 2.24) is 0 Å². The lowest BCUT2D eigenvalue weighted by Crippen LogP contribution is -1.92. The van der Waals surface area contributed by atoms with Gasteiger partial charge in [0, 0.05) is 0 Å². The van der Waals surface area contributed by atoms with Gasteiger partial charge in [-0.15, -0.1) is 0 Å². The molecule has 0 unspecified atom stereocenters. The molecule has 3 heteroatoms. The van der Waals surface area contributed by atoms with Crippen molar-refractivity contribution in [2.45, 2.75) is 0 Å². The highest BCUT2D eigenvalue weighted by Gasteiger charge is 2.04. The highest BCUT2D eigenvalue weighted by molar-refractivity contribution is 6.33. The van der Waals surface area contributed by atoms with E-state index in [-0.39, 0.29) is 0 Å². The number of halogens is 1. The number of hydrogen-bond donors (Lipinski definition) is 1. The fourth-order valence-electron chi connectivity index (χ4n) is 1.22. The number of anilines is 1. The van der Waals surface area contributed by atoms with E-state index in [4.69, 9.17) is 22.1 Å². The van der Waals surface area contributed by atoms with Gasteiger partial charge in [0.1, 0.15) is 5.75 Å². The van der Waals surface area contributed by atoms with E-state index >= 15 is 0 Å². The molecule has 0 saturated carbocycles. The van der Waals surface area contributed by atoms with Crippen LogP contribution in [0.4, 0.5) is 5.69 Å². The molecular weight excluding hydrogens is 210 g/mol. The SMILES string of the molecule is Nc1c(Cl)cccc1Oc1ccccc1. The monoisotopic (exact) mass is 219 g/mol. The van der Waals surface area contributed by atoms with E-state index in [1.165, 1.54) is 0 Å². The van der Waals surface area contributed by atoms with Crippen LogP contribution in [-0.2, 0) is 0 Å². The molecule has 2 rings (SSSR count). The maximum atomic E-state index is 5.88. The van der Waals surface area contributed by atoms with Crippen LogP contribution in [0.3, 0.4) is 0 Å². The van der Waals surface area contributed by atoms with Gasteiger partial charge in [-0.3, -0.25) is 0 Å². The molecule has 0 amide bonds. The van der Waals surface area contributed by atoms with E-state index in [1.807, 2.05) is 30.3 Å². The summed E-state index contributed by atoms with van der Waals surface area (Å²) >= 11 is 5.88. The highest BCUT2D eigenvalue weighted by atomic mass is 35.5. The van der Waals surface area contributed by atoms with E-state index in [2.05, 4.69) is 0 Å². The summed E-state index contributed by atoms with van der Waals surface area (Å²) < 4.78 is 5.58. The van der Waals surface area contributed by atoms with Crippen molar-refractivity contribution in [1.29, 1.82) is 0 Å². The molecule has 2 aromatic carbocycles. The summed E-state index contributed by atoms with van der Waals surface area (Å²) in [7, 11) is 0. The first-order valence-corrected chi connectivity index (χ1v) is 4.92. The van der Waals surface area contributed by atoms with Crippen LogP contribution in [0.5, 0.6) is 11.5 Å². The summed E-state index contributed by atoms with van der Waals surface area (Å²) in [6.45, 7) is 0. The summed E-state index contributed by atoms with van der Waals surface area (Å²) in [5, 5.41) is 0.503. The lowest BCUT2D eigenvalue weighted by Gasteiger charge is -2.08. The zero-order valence-electron chi connectivity index (χ0n) is 7.98. The van der Waals surface area contributed by atoms with Gasteiger partial charge in [0.05, 0.1) is 10.7 Å². The zero-order chi connectivity index (χ0) is 10.7. The van der Waals surface area contributed by atoms with Crippen molar-refractivity contribution in [3.05, 3.63) is 53.6 Å². The first-order valence-electron chi connectivity index (χ1n) is 4.54. The second-order valence-electron chi connectivity index (χ2n) is 3.07. The Morgan fingerprint density at radius 1 is 0.933 bits per heavy atom. The maximum absolute atomic E-state index is 5.88. The average Bonchev–Trinajstić information content (AvgIpc) is 2.26. The fourth-order valence-corrected chi connectivity index (χ4v) is 1.39. The predicted octanol–water partition coefficient (Wildman–Crippen LogP) is 3.71. The molecule has 15 heavy (non-hydrogen) atoms. The minimum atomic E-state index is 0.461. The van der Waals surface area contributed by atoms with Gasteiger partial charge in [-0.05, 0) is 24.3 Å². The summed E-state index contributed by atoms with van der Waals surface area (Å²) in [6, 6.07) is 14.8. The van der Waals surface area contributed by atoms with E-state index in [9.17, 15) is 0 Å². The molecule has 2 aromatic rings. The number of nitrogens with two attached hydrogens (primary N) is 1. The van der Waals surface area contributed by atoms with Gasteiger partial charge < -0.3 is 10.5 Å². The van der Waals surface area contributed by atoms with E-state index in [0.717, 1.165) is 5.75 Å². The molecule has 2 nitrogen and oxygen atoms in total. The molecule has 0 aliphatic heterocycles. The van der Waals surface area contributed by atoms with Crippen LogP contribution in [-0.4, -0.2) is 0 Å². The summed E-state index contributed by atoms with van der Waals surface area (Å²) in [5.41, 5.74) is 6.23. The van der Waals surface area contributed by atoms with Crippen LogP contribution in [0, 0.1) is 0 Å². The molecular formula is C12H10ClNO. The Bertz CT molecular complexity index is 456. The van der Waals surface area contributed by atoms with Crippen LogP contribution in [0.1, 0.15) is 0 Å². The summed E-state index contributed by atoms with van der Waals surface area (Å²) in [4.78, 5) is 0. The molecule has 0 atom stereocenters. The van der Waals surface area contributed by atoms with Gasteiger partial charge in [0.15, 0.2) is 5.75 Å². The topological polar surface area (TPSA) is 35.2 Å². The van der Waals surface area contributed by atoms with Crippen molar-refractivity contribution in [3.8, 4) is 11.5 Å². The number of ether oxygens (including phenoxy) is 1. The minimum Gasteiger partial charge on any atom is -0.455 e. The van der Waals surface area contributed by atoms with Crippen molar-refractivity contribution in [2.75, 3.05) is 5.73 Å². The molecule has 76 valence electrons.